The number of rotatable bonds is 3. The van der Waals surface area contributed by atoms with E-state index in [1.54, 1.807) is 4.90 Å². The van der Waals surface area contributed by atoms with Crippen molar-refractivity contribution in [2.24, 2.45) is 0 Å². The van der Waals surface area contributed by atoms with Gasteiger partial charge in [-0.2, -0.15) is 0 Å². The SMILES string of the molecule is CCCC1(O)CN(C(=O)c2cc(Br)sc2Br)C1. The van der Waals surface area contributed by atoms with Crippen LogP contribution in [-0.2, 0) is 0 Å². The van der Waals surface area contributed by atoms with Crippen LogP contribution >= 0.6 is 43.2 Å². The molecule has 0 aromatic carbocycles. The molecule has 1 fully saturated rings. The van der Waals surface area contributed by atoms with Crippen molar-refractivity contribution in [2.45, 2.75) is 25.4 Å². The van der Waals surface area contributed by atoms with E-state index in [-0.39, 0.29) is 5.91 Å². The van der Waals surface area contributed by atoms with Crippen LogP contribution in [0, 0.1) is 0 Å². The summed E-state index contributed by atoms with van der Waals surface area (Å²) >= 11 is 8.22. The lowest BCUT2D eigenvalue weighted by Crippen LogP contribution is -2.63. The fraction of sp³-hybridized carbons (Fsp3) is 0.545. The maximum atomic E-state index is 12.1. The van der Waals surface area contributed by atoms with Gasteiger partial charge < -0.3 is 10.0 Å². The Balaban J connectivity index is 2.02. The van der Waals surface area contributed by atoms with Gasteiger partial charge in [0.15, 0.2) is 0 Å². The number of aliphatic hydroxyl groups is 1. The van der Waals surface area contributed by atoms with Crippen molar-refractivity contribution in [3.05, 3.63) is 19.2 Å². The lowest BCUT2D eigenvalue weighted by molar-refractivity contribution is -0.0860. The molecule has 0 saturated carbocycles. The van der Waals surface area contributed by atoms with Crippen LogP contribution in [0.15, 0.2) is 13.6 Å². The Morgan fingerprint density at radius 2 is 2.24 bits per heavy atom. The Bertz CT molecular complexity index is 441. The van der Waals surface area contributed by atoms with Gasteiger partial charge >= 0.3 is 0 Å². The van der Waals surface area contributed by atoms with Crippen LogP contribution in [0.4, 0.5) is 0 Å². The summed E-state index contributed by atoms with van der Waals surface area (Å²) in [6.07, 6.45) is 1.69. The van der Waals surface area contributed by atoms with Crippen LogP contribution < -0.4 is 0 Å². The van der Waals surface area contributed by atoms with Gasteiger partial charge in [0.05, 0.1) is 31.8 Å². The summed E-state index contributed by atoms with van der Waals surface area (Å²) in [4.78, 5) is 13.8. The maximum absolute atomic E-state index is 12.1. The van der Waals surface area contributed by atoms with Gasteiger partial charge in [-0.1, -0.05) is 13.3 Å². The number of hydrogen-bond donors (Lipinski definition) is 1. The van der Waals surface area contributed by atoms with Crippen LogP contribution in [0.25, 0.3) is 0 Å². The largest absolute Gasteiger partial charge is 0.386 e. The summed E-state index contributed by atoms with van der Waals surface area (Å²) in [6.45, 7) is 2.92. The highest BCUT2D eigenvalue weighted by molar-refractivity contribution is 9.12. The Labute approximate surface area is 121 Å². The predicted molar refractivity (Wildman–Crippen MR) is 75.5 cm³/mol. The zero-order chi connectivity index (χ0) is 12.6. The number of β-amino-alcohol motifs (C(OH)–C–C–N with tert-alkyl or cyclic N) is 1. The van der Waals surface area contributed by atoms with Gasteiger partial charge in [-0.05, 0) is 44.3 Å². The average molecular weight is 383 g/mol. The lowest BCUT2D eigenvalue weighted by Gasteiger charge is -2.46. The van der Waals surface area contributed by atoms with Gasteiger partial charge in [-0.25, -0.2) is 0 Å². The van der Waals surface area contributed by atoms with Crippen LogP contribution in [0.3, 0.4) is 0 Å². The number of carbonyl (C=O) groups excluding carboxylic acids is 1. The molecule has 1 aromatic rings. The molecule has 1 aliphatic rings. The van der Waals surface area contributed by atoms with E-state index in [0.717, 1.165) is 20.4 Å². The molecule has 17 heavy (non-hydrogen) atoms. The molecule has 0 unspecified atom stereocenters. The average Bonchev–Trinajstić information content (AvgIpc) is 2.53. The topological polar surface area (TPSA) is 40.5 Å². The Morgan fingerprint density at radius 3 is 2.71 bits per heavy atom. The fourth-order valence-electron chi connectivity index (χ4n) is 2.09. The van der Waals surface area contributed by atoms with E-state index in [2.05, 4.69) is 31.9 Å². The Hall–Kier alpha value is 0.0900. The third-order valence-corrected chi connectivity index (χ3v) is 5.20. The van der Waals surface area contributed by atoms with Crippen molar-refractivity contribution in [1.29, 1.82) is 0 Å². The molecule has 2 heterocycles. The first-order valence-electron chi connectivity index (χ1n) is 5.42. The predicted octanol–water partition coefficient (Wildman–Crippen LogP) is 3.26. The van der Waals surface area contributed by atoms with Crippen LogP contribution in [0.1, 0.15) is 30.1 Å². The second kappa shape index (κ2) is 4.99. The molecule has 1 aromatic heterocycles. The van der Waals surface area contributed by atoms with E-state index in [1.165, 1.54) is 11.3 Å². The molecule has 0 bridgehead atoms. The first kappa shape index (κ1) is 13.5. The van der Waals surface area contributed by atoms with Crippen LogP contribution in [0.2, 0.25) is 0 Å². The minimum absolute atomic E-state index is 0.0143. The molecule has 0 spiro atoms. The minimum atomic E-state index is -0.663. The van der Waals surface area contributed by atoms with Crippen LogP contribution in [0.5, 0.6) is 0 Å². The van der Waals surface area contributed by atoms with Crippen LogP contribution in [-0.4, -0.2) is 34.6 Å². The third kappa shape index (κ3) is 2.75. The summed E-state index contributed by atoms with van der Waals surface area (Å²) in [5.41, 5.74) is 0.00450. The number of hydrogen-bond acceptors (Lipinski definition) is 3. The first-order chi connectivity index (χ1) is 7.95. The lowest BCUT2D eigenvalue weighted by atomic mass is 9.89. The third-order valence-electron chi connectivity index (χ3n) is 2.86. The van der Waals surface area contributed by atoms with Crippen molar-refractivity contribution in [1.82, 2.24) is 4.90 Å². The summed E-state index contributed by atoms with van der Waals surface area (Å²) in [6, 6.07) is 1.81. The second-order valence-corrected chi connectivity index (χ2v) is 8.12. The van der Waals surface area contributed by atoms with E-state index < -0.39 is 5.60 Å². The highest BCUT2D eigenvalue weighted by Crippen LogP contribution is 2.35. The molecule has 2 rings (SSSR count). The van der Waals surface area contributed by atoms with Crippen molar-refractivity contribution in [2.75, 3.05) is 13.1 Å². The second-order valence-electron chi connectivity index (χ2n) is 4.37. The summed E-state index contributed by atoms with van der Waals surface area (Å²) in [5.74, 6) is -0.0143. The van der Waals surface area contributed by atoms with E-state index in [1.807, 2.05) is 13.0 Å². The number of carbonyl (C=O) groups is 1. The monoisotopic (exact) mass is 381 g/mol. The van der Waals surface area contributed by atoms with Crippen molar-refractivity contribution in [3.8, 4) is 0 Å². The smallest absolute Gasteiger partial charge is 0.256 e. The molecule has 1 saturated heterocycles. The summed E-state index contributed by atoms with van der Waals surface area (Å²) in [7, 11) is 0. The zero-order valence-corrected chi connectivity index (χ0v) is 13.4. The van der Waals surface area contributed by atoms with Gasteiger partial charge in [0.1, 0.15) is 0 Å². The molecule has 1 aliphatic heterocycles. The number of amides is 1. The van der Waals surface area contributed by atoms with Gasteiger partial charge in [0.25, 0.3) is 5.91 Å². The standard InChI is InChI=1S/C11H13Br2NO2S/c1-2-3-11(16)5-14(6-11)10(15)7-4-8(12)17-9(7)13/h4,16H,2-3,5-6H2,1H3. The number of nitrogens with zero attached hydrogens (tertiary/aromatic N) is 1. The van der Waals surface area contributed by atoms with E-state index in [0.29, 0.717) is 18.7 Å². The molecule has 3 nitrogen and oxygen atoms in total. The molecule has 6 heteroatoms. The van der Waals surface area contributed by atoms with E-state index >= 15 is 0 Å². The van der Waals surface area contributed by atoms with Gasteiger partial charge in [-0.15, -0.1) is 11.3 Å². The first-order valence-corrected chi connectivity index (χ1v) is 7.82. The molecule has 1 N–H and O–H groups in total. The quantitative estimate of drug-likeness (QED) is 0.871. The summed E-state index contributed by atoms with van der Waals surface area (Å²) in [5, 5.41) is 10.0. The van der Waals surface area contributed by atoms with Gasteiger partial charge in [-0.3, -0.25) is 4.79 Å². The normalized spacial score (nSPS) is 18.0. The minimum Gasteiger partial charge on any atom is -0.386 e. The highest BCUT2D eigenvalue weighted by Gasteiger charge is 2.43. The zero-order valence-electron chi connectivity index (χ0n) is 9.37. The molecular weight excluding hydrogens is 370 g/mol. The number of likely N-dealkylation sites (tertiary alicyclic amines) is 1. The number of halogens is 2. The van der Waals surface area contributed by atoms with E-state index in [9.17, 15) is 9.90 Å². The van der Waals surface area contributed by atoms with Gasteiger partial charge in [0.2, 0.25) is 0 Å². The number of thiophene rings is 1. The van der Waals surface area contributed by atoms with Crippen molar-refractivity contribution >= 4 is 49.1 Å². The maximum Gasteiger partial charge on any atom is 0.256 e. The van der Waals surface area contributed by atoms with Crippen molar-refractivity contribution < 1.29 is 9.90 Å². The van der Waals surface area contributed by atoms with Crippen molar-refractivity contribution in [3.63, 3.8) is 0 Å². The summed E-state index contributed by atoms with van der Waals surface area (Å²) < 4.78 is 1.76. The molecule has 0 atom stereocenters. The Morgan fingerprint density at radius 1 is 1.59 bits per heavy atom. The van der Waals surface area contributed by atoms with Gasteiger partial charge in [0, 0.05) is 0 Å². The molecule has 94 valence electrons. The molecular formula is C11H13Br2NO2S. The molecule has 0 aliphatic carbocycles. The molecule has 0 radical (unpaired) electrons. The highest BCUT2D eigenvalue weighted by atomic mass is 79.9. The Kier molecular flexibility index (Phi) is 3.97. The van der Waals surface area contributed by atoms with E-state index in [4.69, 9.17) is 0 Å². The molecule has 1 amide bonds. The fourth-order valence-corrected chi connectivity index (χ4v) is 4.87.